The van der Waals surface area contributed by atoms with E-state index in [0.717, 1.165) is 11.9 Å². The number of nitrogens with one attached hydrogen (secondary N) is 1. The summed E-state index contributed by atoms with van der Waals surface area (Å²) in [7, 11) is 1.81. The van der Waals surface area contributed by atoms with Crippen molar-refractivity contribution in [2.45, 2.75) is 13.8 Å². The lowest BCUT2D eigenvalue weighted by Gasteiger charge is -2.05. The highest BCUT2D eigenvalue weighted by atomic mass is 19.1. The second-order valence-electron chi connectivity index (χ2n) is 7.11. The summed E-state index contributed by atoms with van der Waals surface area (Å²) in [5, 5.41) is 18.7. The van der Waals surface area contributed by atoms with Gasteiger partial charge in [0.1, 0.15) is 17.3 Å². The smallest absolute Gasteiger partial charge is 0.250 e. The fourth-order valence-electron chi connectivity index (χ4n) is 3.11. The molecule has 4 rings (SSSR count). The molecule has 0 spiro atoms. The molecular weight excluding hydrogens is 376 g/mol. The molecule has 0 radical (unpaired) electrons. The van der Waals surface area contributed by atoms with Crippen LogP contribution in [0, 0.1) is 23.0 Å². The second-order valence-corrected chi connectivity index (χ2v) is 7.11. The number of quaternary nitrogens is 1. The first-order valence-corrected chi connectivity index (χ1v) is 9.11. The molecule has 0 amide bonds. The monoisotopic (exact) mass is 396 g/mol. The molecule has 9 heteroatoms. The van der Waals surface area contributed by atoms with Crippen molar-refractivity contribution in [3.8, 4) is 11.3 Å². The normalized spacial score (nSPS) is 14.3. The molecule has 0 atom stereocenters. The van der Waals surface area contributed by atoms with Gasteiger partial charge in [-0.2, -0.15) is 0 Å². The number of amidine groups is 2. The van der Waals surface area contributed by atoms with E-state index in [1.54, 1.807) is 33.5 Å². The summed E-state index contributed by atoms with van der Waals surface area (Å²) in [4.78, 5) is 4.50. The third kappa shape index (κ3) is 3.40. The Morgan fingerprint density at radius 3 is 2.69 bits per heavy atom. The maximum atomic E-state index is 14.4. The lowest BCUT2D eigenvalue weighted by Crippen LogP contribution is -2.90. The van der Waals surface area contributed by atoms with Gasteiger partial charge in [0, 0.05) is 43.1 Å². The number of aromatic nitrogens is 3. The highest BCUT2D eigenvalue weighted by Gasteiger charge is 2.22. The van der Waals surface area contributed by atoms with Gasteiger partial charge in [-0.3, -0.25) is 9.81 Å². The summed E-state index contributed by atoms with van der Waals surface area (Å²) >= 11 is 0. The van der Waals surface area contributed by atoms with Crippen LogP contribution < -0.4 is 5.32 Å². The maximum Gasteiger partial charge on any atom is 0.250 e. The van der Waals surface area contributed by atoms with Gasteiger partial charge in [0.15, 0.2) is 0 Å². The largest absolute Gasteiger partial charge is 0.320 e. The highest BCUT2D eigenvalue weighted by Crippen LogP contribution is 2.28. The number of halogens is 2. The Morgan fingerprint density at radius 2 is 2.00 bits per heavy atom. The molecule has 7 nitrogen and oxygen atoms in total. The molecule has 0 saturated carbocycles. The third-order valence-corrected chi connectivity index (χ3v) is 4.68. The van der Waals surface area contributed by atoms with Crippen LogP contribution in [0.3, 0.4) is 0 Å². The number of rotatable bonds is 5. The lowest BCUT2D eigenvalue weighted by molar-refractivity contribution is -0.406. The van der Waals surface area contributed by atoms with E-state index in [1.807, 2.05) is 26.2 Å². The van der Waals surface area contributed by atoms with E-state index in [2.05, 4.69) is 15.2 Å². The van der Waals surface area contributed by atoms with Crippen LogP contribution in [0.2, 0.25) is 0 Å². The molecule has 29 heavy (non-hydrogen) atoms. The van der Waals surface area contributed by atoms with E-state index in [4.69, 9.17) is 5.41 Å². The summed E-state index contributed by atoms with van der Waals surface area (Å²) in [6, 6.07) is 3.33. The molecule has 3 heterocycles. The minimum absolute atomic E-state index is 0.122. The summed E-state index contributed by atoms with van der Waals surface area (Å²) in [5.41, 5.74) is 0.945. The van der Waals surface area contributed by atoms with Crippen LogP contribution in [-0.4, -0.2) is 31.3 Å². The molecule has 148 valence electrons. The van der Waals surface area contributed by atoms with Crippen LogP contribution >= 0.6 is 0 Å². The third-order valence-electron chi connectivity index (χ3n) is 4.68. The van der Waals surface area contributed by atoms with Gasteiger partial charge in [-0.25, -0.2) is 19.1 Å². The number of nitrogens with zero attached hydrogens (tertiary/aromatic N) is 5. The standard InChI is InChI=1S/C20H19F2N7/c1-11(2)19-24-16(26-27-19)7-6-15(23)18-17(13-5-4-12(21)10-14(13)22)25-20-28(3)8-9-29(18)20/h4-11,23H,1-3H3,(H,24,26,27)/p+1/b7-6-,23-15?. The van der Waals surface area contributed by atoms with Crippen LogP contribution in [0.15, 0.2) is 52.9 Å². The number of imidazole rings is 2. The summed E-state index contributed by atoms with van der Waals surface area (Å²) in [6.45, 7) is 4.06. The van der Waals surface area contributed by atoms with E-state index in [1.165, 1.54) is 12.1 Å². The number of benzene rings is 1. The molecule has 0 unspecified atom stereocenters. The highest BCUT2D eigenvalue weighted by molar-refractivity contribution is 6.12. The van der Waals surface area contributed by atoms with Gasteiger partial charge in [-0.1, -0.05) is 24.1 Å². The molecule has 3 aromatic rings. The Hall–Kier alpha value is -3.46. The van der Waals surface area contributed by atoms with Crippen LogP contribution in [-0.2, 0) is 7.05 Å². The van der Waals surface area contributed by atoms with Gasteiger partial charge < -0.3 is 4.57 Å². The Kier molecular flexibility index (Phi) is 4.67. The van der Waals surface area contributed by atoms with Gasteiger partial charge in [-0.15, -0.1) is 0 Å². The molecule has 0 aliphatic carbocycles. The van der Waals surface area contributed by atoms with Gasteiger partial charge in [-0.05, 0) is 18.2 Å². The van der Waals surface area contributed by atoms with Crippen LogP contribution in [0.1, 0.15) is 19.5 Å². The van der Waals surface area contributed by atoms with Gasteiger partial charge in [0.05, 0.1) is 11.4 Å². The van der Waals surface area contributed by atoms with Crippen LogP contribution in [0.4, 0.5) is 8.78 Å². The van der Waals surface area contributed by atoms with Crippen molar-refractivity contribution in [3.05, 3.63) is 60.1 Å². The van der Waals surface area contributed by atoms with E-state index >= 15 is 0 Å². The molecule has 2 aromatic heterocycles. The molecule has 1 aliphatic rings. The quantitative estimate of drug-likeness (QED) is 0.638. The first kappa shape index (κ1) is 18.9. The number of fused-ring (bicyclic) bond motifs is 1. The Balaban J connectivity index is 1.73. The Bertz CT molecular complexity index is 1210. The Morgan fingerprint density at radius 1 is 1.21 bits per heavy atom. The van der Waals surface area contributed by atoms with Gasteiger partial charge in [0.25, 0.3) is 0 Å². The zero-order valence-electron chi connectivity index (χ0n) is 16.2. The average Bonchev–Trinajstić information content (AvgIpc) is 3.36. The Labute approximate surface area is 165 Å². The van der Waals surface area contributed by atoms with Crippen molar-refractivity contribution in [2.75, 3.05) is 0 Å². The molecule has 1 aliphatic heterocycles. The summed E-state index contributed by atoms with van der Waals surface area (Å²) < 4.78 is 31.3. The van der Waals surface area contributed by atoms with Crippen molar-refractivity contribution in [1.29, 1.82) is 5.41 Å². The van der Waals surface area contributed by atoms with Crippen molar-refractivity contribution >= 4 is 23.2 Å². The number of allylic oxidation sites excluding steroid dienone is 1. The van der Waals surface area contributed by atoms with Gasteiger partial charge >= 0.3 is 0 Å². The molecular formula is C20H20F2N7+. The van der Waals surface area contributed by atoms with Crippen molar-refractivity contribution < 1.29 is 14.1 Å². The number of nitrogens with two attached hydrogens (primary N) is 1. The SMILES string of the molecule is CC(C)C1=NN=C(/C=C\C(=N)c2c(-c3ccc(F)cc3F)nc3n(C)ccn23)[NH2+]1. The topological polar surface area (TPSA) is 87.4 Å². The first-order chi connectivity index (χ1) is 13.8. The fraction of sp³-hybridized carbons (Fsp3) is 0.200. The van der Waals surface area contributed by atoms with Crippen molar-refractivity contribution in [2.24, 2.45) is 23.2 Å². The van der Waals surface area contributed by atoms with Crippen LogP contribution in [0.25, 0.3) is 17.0 Å². The van der Waals surface area contributed by atoms with E-state index < -0.39 is 11.6 Å². The van der Waals surface area contributed by atoms with Crippen molar-refractivity contribution in [1.82, 2.24) is 14.0 Å². The van der Waals surface area contributed by atoms with Crippen molar-refractivity contribution in [3.63, 3.8) is 0 Å². The first-order valence-electron chi connectivity index (χ1n) is 9.11. The zero-order valence-corrected chi connectivity index (χ0v) is 16.2. The predicted octanol–water partition coefficient (Wildman–Crippen LogP) is 2.49. The fourth-order valence-corrected chi connectivity index (χ4v) is 3.11. The zero-order chi connectivity index (χ0) is 20.7. The van der Waals surface area contributed by atoms with Gasteiger partial charge in [0.2, 0.25) is 17.4 Å². The van der Waals surface area contributed by atoms with E-state index in [-0.39, 0.29) is 22.9 Å². The lowest BCUT2D eigenvalue weighted by atomic mass is 10.1. The molecule has 0 fully saturated rings. The average molecular weight is 396 g/mol. The molecule has 0 bridgehead atoms. The summed E-state index contributed by atoms with van der Waals surface area (Å²) in [6.07, 6.45) is 6.82. The summed E-state index contributed by atoms with van der Waals surface area (Å²) in [5.74, 6) is 0.932. The molecule has 0 saturated heterocycles. The van der Waals surface area contributed by atoms with E-state index in [9.17, 15) is 8.78 Å². The number of hydrogen-bond donors (Lipinski definition) is 2. The van der Waals surface area contributed by atoms with Crippen LogP contribution in [0.5, 0.6) is 0 Å². The predicted molar refractivity (Wildman–Crippen MR) is 107 cm³/mol. The number of hydrogen-bond acceptors (Lipinski definition) is 4. The second kappa shape index (κ2) is 7.17. The molecule has 1 aromatic carbocycles. The van der Waals surface area contributed by atoms with E-state index in [0.29, 0.717) is 17.3 Å². The minimum atomic E-state index is -0.727. The number of aryl methyl sites for hydroxylation is 1. The minimum Gasteiger partial charge on any atom is -0.320 e. The maximum absolute atomic E-state index is 14.4. The molecule has 3 N–H and O–H groups in total.